The van der Waals surface area contributed by atoms with E-state index < -0.39 is 0 Å². The summed E-state index contributed by atoms with van der Waals surface area (Å²) in [7, 11) is 0. The molecule has 2 unspecified atom stereocenters. The number of halogens is 3. The predicted octanol–water partition coefficient (Wildman–Crippen LogP) is 15.9. The Labute approximate surface area is 448 Å². The Balaban J connectivity index is 0.000000318. The number of imidazole rings is 2. The Bertz CT molecular complexity index is 3060. The molecule has 0 fully saturated rings. The van der Waals surface area contributed by atoms with Crippen LogP contribution in [0.1, 0.15) is 98.4 Å². The van der Waals surface area contributed by atoms with E-state index in [1.165, 1.54) is 22.3 Å². The number of nitrogens with zero attached hydrogens (tertiary/aromatic N) is 10. The molecule has 0 bridgehead atoms. The van der Waals surface area contributed by atoms with Crippen LogP contribution in [0.2, 0.25) is 10.0 Å². The van der Waals surface area contributed by atoms with Crippen LogP contribution in [0.25, 0.3) is 26.9 Å². The number of nitrogens with one attached hydrogen (secondary N) is 1. The molecule has 0 aliphatic heterocycles. The molecule has 0 saturated heterocycles. The number of benzene rings is 6. The van der Waals surface area contributed by atoms with Crippen LogP contribution in [0, 0.1) is 47.6 Å². The number of hydrogen-bond donors (Lipinski definition) is 2. The summed E-state index contributed by atoms with van der Waals surface area (Å²) >= 11 is 16.5. The molecule has 0 aliphatic rings. The molecule has 2 atom stereocenters. The topological polar surface area (TPSA) is 175 Å². The third kappa shape index (κ3) is 16.2. The van der Waals surface area contributed by atoms with Gasteiger partial charge < -0.3 is 38.6 Å². The summed E-state index contributed by atoms with van der Waals surface area (Å²) in [6.07, 6.45) is 2.19. The van der Waals surface area contributed by atoms with Crippen molar-refractivity contribution in [2.24, 2.45) is 33.3 Å². The van der Waals surface area contributed by atoms with E-state index in [0.29, 0.717) is 30.6 Å². The zero-order chi connectivity index (χ0) is 51.3. The quantitative estimate of drug-likeness (QED) is 0.0384. The van der Waals surface area contributed by atoms with E-state index in [-0.39, 0.29) is 31.3 Å². The molecule has 71 heavy (non-hydrogen) atoms. The normalized spacial score (nSPS) is 11.4. The van der Waals surface area contributed by atoms with E-state index in [2.05, 4.69) is 172 Å². The van der Waals surface area contributed by atoms with Crippen LogP contribution in [0.5, 0.6) is 0 Å². The molecule has 6 aromatic carbocycles. The summed E-state index contributed by atoms with van der Waals surface area (Å²) < 4.78 is 5.57. The molecule has 0 saturated carbocycles. The van der Waals surface area contributed by atoms with Gasteiger partial charge in [0.1, 0.15) is 11.6 Å². The molecule has 2 heterocycles. The average molecular weight is 1100 g/mol. The van der Waals surface area contributed by atoms with E-state index in [1.54, 1.807) is 0 Å². The van der Waals surface area contributed by atoms with Crippen molar-refractivity contribution in [3.8, 4) is 0 Å². The summed E-state index contributed by atoms with van der Waals surface area (Å²) in [6, 6.07) is 45.9. The van der Waals surface area contributed by atoms with Crippen molar-refractivity contribution >= 4 is 66.9 Å². The fourth-order valence-corrected chi connectivity index (χ4v) is 8.81. The molecule has 0 radical (unpaired) electrons. The Kier molecular flexibility index (Phi) is 24.5. The van der Waals surface area contributed by atoms with Crippen LogP contribution in [0.15, 0.2) is 154 Å². The van der Waals surface area contributed by atoms with Gasteiger partial charge in [-0.2, -0.15) is 5.53 Å². The largest absolute Gasteiger partial charge is 2.00 e. The number of nitrogens with two attached hydrogens (primary N) is 1. The van der Waals surface area contributed by atoms with Gasteiger partial charge in [0.2, 0.25) is 0 Å². The van der Waals surface area contributed by atoms with Gasteiger partial charge in [0.25, 0.3) is 0 Å². The fourth-order valence-electron chi connectivity index (χ4n) is 8.07. The number of fused-ring (bicyclic) bond motifs is 2. The van der Waals surface area contributed by atoms with E-state index in [4.69, 9.17) is 68.9 Å². The third-order valence-electron chi connectivity index (χ3n) is 11.3. The second-order valence-corrected chi connectivity index (χ2v) is 18.9. The fraction of sp³-hybridized carbons (Fsp3) is 0.255. The van der Waals surface area contributed by atoms with Crippen molar-refractivity contribution in [2.45, 2.75) is 79.3 Å². The SMILES string of the molecule is CC(C)Cc1ccc(C(C)c2nc3cc(Br)ccc3n2Cc2ccccc2Cl)cc1.N=N/N=N/N.[C-]#N.[C-]#N.[C-]#[N+]c1ccc2c(c1)nc(C(C)c1ccc(CC(C)C)cc1)n2Cc1ccccc1Cl.[Zn+2]. The number of hydrogen-bond acceptors (Lipinski definition) is 6. The molecule has 358 valence electrons. The van der Waals surface area contributed by atoms with Gasteiger partial charge in [-0.25, -0.2) is 14.8 Å². The van der Waals surface area contributed by atoms with Crippen molar-refractivity contribution < 1.29 is 19.5 Å². The van der Waals surface area contributed by atoms with Gasteiger partial charge in [0.15, 0.2) is 5.69 Å². The van der Waals surface area contributed by atoms with Crippen LogP contribution in [0.4, 0.5) is 5.69 Å². The minimum atomic E-state index is 0. The smallest absolute Gasteiger partial charge is 0.512 e. The minimum Gasteiger partial charge on any atom is -0.512 e. The van der Waals surface area contributed by atoms with Crippen LogP contribution in [-0.2, 0) is 45.4 Å². The van der Waals surface area contributed by atoms with E-state index in [9.17, 15) is 0 Å². The second kappa shape index (κ2) is 29.6. The molecule has 0 spiro atoms. The molecule has 0 amide bonds. The minimum absolute atomic E-state index is 0. The van der Waals surface area contributed by atoms with Crippen molar-refractivity contribution in [2.75, 3.05) is 0 Å². The predicted molar refractivity (Wildman–Crippen MR) is 284 cm³/mol. The van der Waals surface area contributed by atoms with E-state index >= 15 is 0 Å². The van der Waals surface area contributed by atoms with Crippen molar-refractivity contribution in [3.05, 3.63) is 218 Å². The first kappa shape index (κ1) is 58.7. The summed E-state index contributed by atoms with van der Waals surface area (Å²) in [5, 5.41) is 21.8. The molecule has 8 aromatic rings. The van der Waals surface area contributed by atoms with Gasteiger partial charge >= 0.3 is 19.5 Å². The average Bonchev–Trinajstić information content (AvgIpc) is 3.91. The van der Waals surface area contributed by atoms with Crippen LogP contribution in [-0.4, -0.2) is 19.1 Å². The third-order valence-corrected chi connectivity index (χ3v) is 12.6. The van der Waals surface area contributed by atoms with Gasteiger partial charge in [0, 0.05) is 26.4 Å². The summed E-state index contributed by atoms with van der Waals surface area (Å²) in [4.78, 5) is 13.6. The van der Waals surface area contributed by atoms with Gasteiger partial charge in [-0.3, -0.25) is 0 Å². The summed E-state index contributed by atoms with van der Waals surface area (Å²) in [5.74, 6) is 8.00. The molecule has 12 nitrogen and oxygen atoms in total. The Morgan fingerprint density at radius 3 is 1.41 bits per heavy atom. The van der Waals surface area contributed by atoms with Gasteiger partial charge in [-0.1, -0.05) is 177 Å². The van der Waals surface area contributed by atoms with E-state index in [1.807, 2.05) is 54.6 Å². The molecule has 2 aromatic heterocycles. The van der Waals surface area contributed by atoms with Crippen LogP contribution in [0.3, 0.4) is 0 Å². The van der Waals surface area contributed by atoms with Crippen molar-refractivity contribution in [1.82, 2.24) is 19.1 Å². The first-order valence-corrected chi connectivity index (χ1v) is 23.9. The van der Waals surface area contributed by atoms with E-state index in [0.717, 1.165) is 72.2 Å². The molecule has 8 rings (SSSR count). The molecule has 16 heteroatoms. The van der Waals surface area contributed by atoms with Crippen LogP contribution < -0.4 is 5.84 Å². The number of aromatic nitrogens is 4. The monoisotopic (exact) mass is 1100 g/mol. The van der Waals surface area contributed by atoms with Gasteiger partial charge in [-0.15, -0.1) is 0 Å². The summed E-state index contributed by atoms with van der Waals surface area (Å²) in [6.45, 7) is 31.6. The number of rotatable bonds is 13. The standard InChI is InChI=1S/C27H26ClN3.C26H26BrClN2.2CN.H3N5.Zn/c1-18(2)15-20-9-11-21(12-10-20)19(3)27-30-25-16-23(29-4)13-14-26(25)31(27)17-22-7-5-6-8-24(22)28;1-17(2)14-19-8-10-20(11-9-19)18(3)26-29-24-15-22(27)12-13-25(24)30(26)16-21-6-4-5-7-23(21)28;2*1-2;1-3-5-4-2;/h5-14,16,18-19H,15,17H2,1-3H3;4-13,15,17-18H,14,16H2,1-3H3;;;(H3,1,2,5);/q;;2*-1;;+2. The maximum Gasteiger partial charge on any atom is 2.00 e. The zero-order valence-corrected chi connectivity index (χ0v) is 46.8. The maximum absolute atomic E-state index is 7.35. The first-order valence-electron chi connectivity index (χ1n) is 22.4. The first-order chi connectivity index (χ1) is 33.8. The summed E-state index contributed by atoms with van der Waals surface area (Å²) in [5.41, 5.74) is 17.9. The molecular formula is C55H55BrCl2N12Zn. The molecular weight excluding hydrogens is 1040 g/mol. The Hall–Kier alpha value is -6.59. The van der Waals surface area contributed by atoms with Gasteiger partial charge in [0.05, 0.1) is 41.7 Å². The van der Waals surface area contributed by atoms with Crippen LogP contribution >= 0.6 is 39.1 Å². The Morgan fingerprint density at radius 2 is 1.04 bits per heavy atom. The second-order valence-electron chi connectivity index (χ2n) is 17.1. The van der Waals surface area contributed by atoms with Crippen molar-refractivity contribution in [3.63, 3.8) is 0 Å². The zero-order valence-electron chi connectivity index (χ0n) is 40.7. The molecule has 0 aliphatic carbocycles. The Morgan fingerprint density at radius 1 is 0.634 bits per heavy atom. The van der Waals surface area contributed by atoms with Crippen molar-refractivity contribution in [1.29, 1.82) is 16.1 Å². The van der Waals surface area contributed by atoms with Gasteiger partial charge in [-0.05, 0) is 111 Å². The molecule has 3 N–H and O–H groups in total. The maximum atomic E-state index is 7.35.